The van der Waals surface area contributed by atoms with Crippen LogP contribution in [0.2, 0.25) is 0 Å². The highest BCUT2D eigenvalue weighted by Gasteiger charge is 2.07. The van der Waals surface area contributed by atoms with Gasteiger partial charge in [0.1, 0.15) is 0 Å². The predicted octanol–water partition coefficient (Wildman–Crippen LogP) is 2.29. The summed E-state index contributed by atoms with van der Waals surface area (Å²) in [6.45, 7) is 2.76. The standard InChI is InChI=1S/C14H20N4OS/c1-2-8-18-13(19)16-17-14(18)20-9-4-6-11-5-3-7-12(15)10-11/h3,5,7,10H,2,4,6,8-9,15H2,1H3,(H,16,19). The van der Waals surface area contributed by atoms with Crippen LogP contribution >= 0.6 is 11.8 Å². The molecule has 1 heterocycles. The number of aromatic amines is 1. The lowest BCUT2D eigenvalue weighted by atomic mass is 10.1. The molecule has 2 rings (SSSR count). The Bertz CT molecular complexity index is 605. The van der Waals surface area contributed by atoms with Crippen LogP contribution in [0, 0.1) is 0 Å². The van der Waals surface area contributed by atoms with Gasteiger partial charge in [-0.2, -0.15) is 0 Å². The van der Waals surface area contributed by atoms with Crippen LogP contribution in [0.4, 0.5) is 5.69 Å². The molecule has 0 saturated carbocycles. The molecule has 3 N–H and O–H groups in total. The van der Waals surface area contributed by atoms with Crippen LogP contribution in [0.25, 0.3) is 0 Å². The third kappa shape index (κ3) is 3.90. The van der Waals surface area contributed by atoms with Crippen molar-refractivity contribution < 1.29 is 0 Å². The average molecular weight is 292 g/mol. The van der Waals surface area contributed by atoms with Gasteiger partial charge in [-0.05, 0) is 37.0 Å². The Morgan fingerprint density at radius 2 is 2.30 bits per heavy atom. The van der Waals surface area contributed by atoms with Crippen molar-refractivity contribution in [1.29, 1.82) is 0 Å². The van der Waals surface area contributed by atoms with Crippen LogP contribution in [0.5, 0.6) is 0 Å². The van der Waals surface area contributed by atoms with E-state index < -0.39 is 0 Å². The number of benzene rings is 1. The second kappa shape index (κ2) is 7.19. The highest BCUT2D eigenvalue weighted by atomic mass is 32.2. The molecule has 0 radical (unpaired) electrons. The molecule has 0 unspecified atom stereocenters. The zero-order valence-corrected chi connectivity index (χ0v) is 12.4. The van der Waals surface area contributed by atoms with Crippen LogP contribution in [-0.4, -0.2) is 20.5 Å². The second-order valence-electron chi connectivity index (χ2n) is 4.66. The van der Waals surface area contributed by atoms with Crippen LogP contribution in [0.15, 0.2) is 34.2 Å². The van der Waals surface area contributed by atoms with Crippen molar-refractivity contribution in [2.75, 3.05) is 11.5 Å². The third-order valence-corrected chi connectivity index (χ3v) is 4.03. The Kier molecular flexibility index (Phi) is 5.29. The number of anilines is 1. The fourth-order valence-electron chi connectivity index (χ4n) is 2.02. The summed E-state index contributed by atoms with van der Waals surface area (Å²) in [6.07, 6.45) is 2.94. The van der Waals surface area contributed by atoms with E-state index in [0.29, 0.717) is 6.54 Å². The molecule has 0 aliphatic carbocycles. The lowest BCUT2D eigenvalue weighted by molar-refractivity contribution is 0.603. The van der Waals surface area contributed by atoms with Gasteiger partial charge in [0.2, 0.25) is 0 Å². The first-order chi connectivity index (χ1) is 9.70. The number of aryl methyl sites for hydroxylation is 1. The number of nitrogens with two attached hydrogens (primary N) is 1. The molecule has 5 nitrogen and oxygen atoms in total. The van der Waals surface area contributed by atoms with E-state index in [0.717, 1.165) is 35.9 Å². The zero-order valence-electron chi connectivity index (χ0n) is 11.6. The van der Waals surface area contributed by atoms with Gasteiger partial charge >= 0.3 is 5.69 Å². The monoisotopic (exact) mass is 292 g/mol. The highest BCUT2D eigenvalue weighted by Crippen LogP contribution is 2.16. The molecule has 0 amide bonds. The number of H-pyrrole nitrogens is 1. The maximum Gasteiger partial charge on any atom is 0.343 e. The molecular formula is C14H20N4OS. The minimum absolute atomic E-state index is 0.120. The van der Waals surface area contributed by atoms with Crippen LogP contribution in [0.1, 0.15) is 25.3 Å². The first-order valence-corrected chi connectivity index (χ1v) is 7.81. The van der Waals surface area contributed by atoms with Gasteiger partial charge < -0.3 is 5.73 Å². The lowest BCUT2D eigenvalue weighted by Gasteiger charge is -2.04. The van der Waals surface area contributed by atoms with Gasteiger partial charge in [-0.3, -0.25) is 4.57 Å². The fourth-order valence-corrected chi connectivity index (χ4v) is 2.93. The number of rotatable bonds is 7. The van der Waals surface area contributed by atoms with E-state index in [9.17, 15) is 4.79 Å². The molecule has 2 aromatic rings. The van der Waals surface area contributed by atoms with Gasteiger partial charge in [-0.25, -0.2) is 9.89 Å². The lowest BCUT2D eigenvalue weighted by Crippen LogP contribution is -2.17. The zero-order chi connectivity index (χ0) is 14.4. The second-order valence-corrected chi connectivity index (χ2v) is 5.72. The number of nitrogens with one attached hydrogen (secondary N) is 1. The van der Waals surface area contributed by atoms with E-state index in [1.807, 2.05) is 25.1 Å². The number of hydrogen-bond acceptors (Lipinski definition) is 4. The number of nitrogens with zero attached hydrogens (tertiary/aromatic N) is 2. The molecule has 0 saturated heterocycles. The van der Waals surface area contributed by atoms with Crippen LogP contribution in [-0.2, 0) is 13.0 Å². The van der Waals surface area contributed by atoms with E-state index in [-0.39, 0.29) is 5.69 Å². The highest BCUT2D eigenvalue weighted by molar-refractivity contribution is 7.99. The Balaban J connectivity index is 1.83. The molecule has 0 spiro atoms. The summed E-state index contributed by atoms with van der Waals surface area (Å²) in [5, 5.41) is 7.35. The SMILES string of the molecule is CCCn1c(SCCCc2cccc(N)c2)n[nH]c1=O. The van der Waals surface area contributed by atoms with Gasteiger partial charge in [0.05, 0.1) is 0 Å². The summed E-state index contributed by atoms with van der Waals surface area (Å²) in [4.78, 5) is 11.5. The van der Waals surface area contributed by atoms with Gasteiger partial charge in [0.25, 0.3) is 0 Å². The average Bonchev–Trinajstić information content (AvgIpc) is 2.77. The molecule has 108 valence electrons. The van der Waals surface area contributed by atoms with Crippen LogP contribution in [0.3, 0.4) is 0 Å². The number of nitrogen functional groups attached to an aromatic ring is 1. The number of thioether (sulfide) groups is 1. The maximum atomic E-state index is 11.5. The summed E-state index contributed by atoms with van der Waals surface area (Å²) in [5.41, 5.74) is 7.69. The Morgan fingerprint density at radius 1 is 1.45 bits per heavy atom. The van der Waals surface area contributed by atoms with E-state index in [4.69, 9.17) is 5.73 Å². The van der Waals surface area contributed by atoms with E-state index in [2.05, 4.69) is 16.3 Å². The summed E-state index contributed by atoms with van der Waals surface area (Å²) < 4.78 is 1.70. The molecule has 6 heteroatoms. The maximum absolute atomic E-state index is 11.5. The van der Waals surface area contributed by atoms with Crippen molar-refractivity contribution >= 4 is 17.4 Å². The molecular weight excluding hydrogens is 272 g/mol. The number of aromatic nitrogens is 3. The molecule has 0 aliphatic rings. The normalized spacial score (nSPS) is 10.8. The molecule has 0 bridgehead atoms. The summed E-state index contributed by atoms with van der Waals surface area (Å²) >= 11 is 1.62. The van der Waals surface area contributed by atoms with E-state index >= 15 is 0 Å². The number of hydrogen-bond donors (Lipinski definition) is 2. The molecule has 20 heavy (non-hydrogen) atoms. The molecule has 0 atom stereocenters. The molecule has 1 aromatic heterocycles. The minimum atomic E-state index is -0.120. The minimum Gasteiger partial charge on any atom is -0.399 e. The molecule has 0 aliphatic heterocycles. The van der Waals surface area contributed by atoms with Gasteiger partial charge in [0, 0.05) is 18.0 Å². The van der Waals surface area contributed by atoms with Crippen molar-refractivity contribution in [2.24, 2.45) is 0 Å². The summed E-state index contributed by atoms with van der Waals surface area (Å²) in [7, 11) is 0. The van der Waals surface area contributed by atoms with Gasteiger partial charge in [0.15, 0.2) is 5.16 Å². The fraction of sp³-hybridized carbons (Fsp3) is 0.429. The van der Waals surface area contributed by atoms with Crippen LogP contribution < -0.4 is 11.4 Å². The topological polar surface area (TPSA) is 76.7 Å². The quantitative estimate of drug-likeness (QED) is 0.466. The van der Waals surface area contributed by atoms with Crippen molar-refractivity contribution in [3.8, 4) is 0 Å². The third-order valence-electron chi connectivity index (χ3n) is 2.96. The Labute approximate surface area is 122 Å². The Hall–Kier alpha value is -1.69. The van der Waals surface area contributed by atoms with Gasteiger partial charge in [-0.1, -0.05) is 30.8 Å². The van der Waals surface area contributed by atoms with Crippen molar-refractivity contribution in [2.45, 2.75) is 37.9 Å². The van der Waals surface area contributed by atoms with E-state index in [1.54, 1.807) is 16.3 Å². The largest absolute Gasteiger partial charge is 0.399 e. The summed E-state index contributed by atoms with van der Waals surface area (Å²) in [5.74, 6) is 0.933. The molecule has 0 fully saturated rings. The van der Waals surface area contributed by atoms with E-state index in [1.165, 1.54) is 5.56 Å². The Morgan fingerprint density at radius 3 is 3.05 bits per heavy atom. The van der Waals surface area contributed by atoms with Crippen molar-refractivity contribution in [1.82, 2.24) is 14.8 Å². The first kappa shape index (κ1) is 14.7. The predicted molar refractivity (Wildman–Crippen MR) is 83.0 cm³/mol. The summed E-state index contributed by atoms with van der Waals surface area (Å²) in [6, 6.07) is 7.96. The van der Waals surface area contributed by atoms with Crippen molar-refractivity contribution in [3.63, 3.8) is 0 Å². The molecule has 1 aromatic carbocycles. The smallest absolute Gasteiger partial charge is 0.343 e. The first-order valence-electron chi connectivity index (χ1n) is 6.83. The van der Waals surface area contributed by atoms with Gasteiger partial charge in [-0.15, -0.1) is 5.10 Å². The van der Waals surface area contributed by atoms with Crippen molar-refractivity contribution in [3.05, 3.63) is 40.3 Å².